The smallest absolute Gasteiger partial charge is 0.147 e. The summed E-state index contributed by atoms with van der Waals surface area (Å²) in [5.41, 5.74) is 0.822. The average Bonchev–Trinajstić information content (AvgIpc) is 2.87. The molecule has 0 fully saturated rings. The summed E-state index contributed by atoms with van der Waals surface area (Å²) >= 11 is 1.48. The number of aromatic nitrogens is 2. The molecular weight excluding hydrogens is 268 g/mol. The lowest BCUT2D eigenvalue weighted by Gasteiger charge is -2.08. The highest BCUT2D eigenvalue weighted by molar-refractivity contribution is 7.17. The second-order valence-corrected chi connectivity index (χ2v) is 4.83. The van der Waals surface area contributed by atoms with Crippen molar-refractivity contribution in [3.63, 3.8) is 0 Å². The van der Waals surface area contributed by atoms with Gasteiger partial charge in [-0.1, -0.05) is 6.07 Å². The molecule has 0 amide bonds. The summed E-state index contributed by atoms with van der Waals surface area (Å²) in [4.78, 5) is 8.20. The number of nitrogens with one attached hydrogen (secondary N) is 1. The predicted octanol–water partition coefficient (Wildman–Crippen LogP) is 3.58. The van der Waals surface area contributed by atoms with Gasteiger partial charge in [-0.2, -0.15) is 0 Å². The third-order valence-electron chi connectivity index (χ3n) is 2.74. The van der Waals surface area contributed by atoms with Gasteiger partial charge in [0.1, 0.15) is 23.8 Å². The zero-order valence-electron chi connectivity index (χ0n) is 9.73. The van der Waals surface area contributed by atoms with Gasteiger partial charge in [0.2, 0.25) is 0 Å². The van der Waals surface area contributed by atoms with Crippen LogP contribution in [0.15, 0.2) is 36.0 Å². The molecule has 0 aliphatic rings. The number of anilines is 1. The second kappa shape index (κ2) is 4.89. The molecule has 0 radical (unpaired) electrons. The van der Waals surface area contributed by atoms with Gasteiger partial charge < -0.3 is 5.32 Å². The molecule has 0 unspecified atom stereocenters. The highest BCUT2D eigenvalue weighted by atomic mass is 32.1. The van der Waals surface area contributed by atoms with E-state index in [1.807, 2.05) is 11.4 Å². The monoisotopic (exact) mass is 277 g/mol. The van der Waals surface area contributed by atoms with Crippen molar-refractivity contribution < 1.29 is 8.78 Å². The van der Waals surface area contributed by atoms with Crippen LogP contribution >= 0.6 is 11.3 Å². The Labute approximate surface area is 111 Å². The predicted molar refractivity (Wildman–Crippen MR) is 71.1 cm³/mol. The summed E-state index contributed by atoms with van der Waals surface area (Å²) in [6.07, 6.45) is 1.43. The summed E-state index contributed by atoms with van der Waals surface area (Å²) in [5.74, 6) is -0.546. The topological polar surface area (TPSA) is 37.8 Å². The number of hydrogen-bond donors (Lipinski definition) is 1. The molecule has 6 heteroatoms. The van der Waals surface area contributed by atoms with E-state index in [0.717, 1.165) is 10.2 Å². The van der Waals surface area contributed by atoms with E-state index in [0.29, 0.717) is 5.82 Å². The van der Waals surface area contributed by atoms with E-state index in [1.165, 1.54) is 35.9 Å². The van der Waals surface area contributed by atoms with Crippen molar-refractivity contribution in [2.24, 2.45) is 0 Å². The molecule has 0 atom stereocenters. The first-order valence-corrected chi connectivity index (χ1v) is 6.48. The van der Waals surface area contributed by atoms with Crippen molar-refractivity contribution >= 4 is 27.4 Å². The fraction of sp³-hybridized carbons (Fsp3) is 0.0769. The Morgan fingerprint density at radius 2 is 1.89 bits per heavy atom. The number of fused-ring (bicyclic) bond motifs is 1. The summed E-state index contributed by atoms with van der Waals surface area (Å²) in [7, 11) is 0. The molecular formula is C13H9F2N3S. The maximum atomic E-state index is 13.5. The SMILES string of the molecule is Fc1cccc(F)c1CNc1ncnc2ccsc12. The fourth-order valence-electron chi connectivity index (χ4n) is 1.79. The van der Waals surface area contributed by atoms with Crippen molar-refractivity contribution in [2.75, 3.05) is 5.32 Å². The highest BCUT2D eigenvalue weighted by Gasteiger charge is 2.10. The van der Waals surface area contributed by atoms with E-state index in [2.05, 4.69) is 15.3 Å². The van der Waals surface area contributed by atoms with Gasteiger partial charge in [0.05, 0.1) is 10.2 Å². The zero-order chi connectivity index (χ0) is 13.2. The minimum absolute atomic E-state index is 0.00539. The molecule has 3 rings (SSSR count). The zero-order valence-corrected chi connectivity index (χ0v) is 10.5. The molecule has 19 heavy (non-hydrogen) atoms. The van der Waals surface area contributed by atoms with Crippen LogP contribution in [0.25, 0.3) is 10.2 Å². The first kappa shape index (κ1) is 12.0. The largest absolute Gasteiger partial charge is 0.364 e. The van der Waals surface area contributed by atoms with Crippen LogP contribution in [0, 0.1) is 11.6 Å². The van der Waals surface area contributed by atoms with Gasteiger partial charge in [-0.3, -0.25) is 0 Å². The summed E-state index contributed by atoms with van der Waals surface area (Å²) in [6.45, 7) is 0.0442. The quantitative estimate of drug-likeness (QED) is 0.795. The van der Waals surface area contributed by atoms with Crippen LogP contribution in [-0.2, 0) is 6.54 Å². The Balaban J connectivity index is 1.88. The molecule has 2 heterocycles. The van der Waals surface area contributed by atoms with Gasteiger partial charge >= 0.3 is 0 Å². The van der Waals surface area contributed by atoms with Crippen LogP contribution in [0.2, 0.25) is 0 Å². The van der Waals surface area contributed by atoms with Crippen LogP contribution < -0.4 is 5.32 Å². The molecule has 1 aromatic carbocycles. The standard InChI is InChI=1S/C13H9F2N3S/c14-9-2-1-3-10(15)8(9)6-16-13-12-11(4-5-19-12)17-7-18-13/h1-5,7H,6H2,(H,16,17,18). The van der Waals surface area contributed by atoms with Crippen molar-refractivity contribution in [1.29, 1.82) is 0 Å². The maximum absolute atomic E-state index is 13.5. The van der Waals surface area contributed by atoms with E-state index in [1.54, 1.807) is 0 Å². The van der Waals surface area contributed by atoms with Gasteiger partial charge in [0, 0.05) is 12.1 Å². The number of halogens is 2. The Hall–Kier alpha value is -2.08. The van der Waals surface area contributed by atoms with Crippen LogP contribution in [0.4, 0.5) is 14.6 Å². The van der Waals surface area contributed by atoms with Crippen molar-refractivity contribution in [3.05, 3.63) is 53.2 Å². The van der Waals surface area contributed by atoms with Crippen molar-refractivity contribution in [1.82, 2.24) is 9.97 Å². The molecule has 96 valence electrons. The highest BCUT2D eigenvalue weighted by Crippen LogP contribution is 2.25. The Bertz CT molecular complexity index is 706. The normalized spacial score (nSPS) is 10.8. The van der Waals surface area contributed by atoms with Gasteiger partial charge in [0.25, 0.3) is 0 Å². The molecule has 0 aliphatic heterocycles. The molecule has 3 aromatic rings. The minimum atomic E-state index is -0.566. The van der Waals surface area contributed by atoms with E-state index < -0.39 is 11.6 Å². The van der Waals surface area contributed by atoms with Crippen molar-refractivity contribution in [3.8, 4) is 0 Å². The fourth-order valence-corrected chi connectivity index (χ4v) is 2.60. The molecule has 0 aliphatic carbocycles. The third-order valence-corrected chi connectivity index (χ3v) is 3.65. The number of benzene rings is 1. The molecule has 0 spiro atoms. The lowest BCUT2D eigenvalue weighted by atomic mass is 10.2. The molecule has 0 saturated carbocycles. The molecule has 0 saturated heterocycles. The lowest BCUT2D eigenvalue weighted by molar-refractivity contribution is 0.560. The van der Waals surface area contributed by atoms with Crippen LogP contribution in [0.5, 0.6) is 0 Å². The number of hydrogen-bond acceptors (Lipinski definition) is 4. The summed E-state index contributed by atoms with van der Waals surface area (Å²) in [5, 5.41) is 4.85. The molecule has 2 aromatic heterocycles. The number of rotatable bonds is 3. The first-order valence-electron chi connectivity index (χ1n) is 5.60. The second-order valence-electron chi connectivity index (χ2n) is 3.91. The van der Waals surface area contributed by atoms with E-state index in [9.17, 15) is 8.78 Å². The van der Waals surface area contributed by atoms with Crippen LogP contribution in [0.3, 0.4) is 0 Å². The van der Waals surface area contributed by atoms with Gasteiger partial charge in [-0.25, -0.2) is 18.7 Å². The van der Waals surface area contributed by atoms with Gasteiger partial charge in [-0.15, -0.1) is 11.3 Å². The number of nitrogens with zero attached hydrogens (tertiary/aromatic N) is 2. The first-order chi connectivity index (χ1) is 9.25. The van der Waals surface area contributed by atoms with Gasteiger partial charge in [0.15, 0.2) is 0 Å². The average molecular weight is 277 g/mol. The van der Waals surface area contributed by atoms with Crippen LogP contribution in [0.1, 0.15) is 5.56 Å². The van der Waals surface area contributed by atoms with Gasteiger partial charge in [-0.05, 0) is 23.6 Å². The van der Waals surface area contributed by atoms with Crippen LogP contribution in [-0.4, -0.2) is 9.97 Å². The third kappa shape index (κ3) is 2.26. The van der Waals surface area contributed by atoms with E-state index in [-0.39, 0.29) is 12.1 Å². The Kier molecular flexibility index (Phi) is 3.08. The Morgan fingerprint density at radius 1 is 1.11 bits per heavy atom. The molecule has 0 bridgehead atoms. The minimum Gasteiger partial charge on any atom is -0.364 e. The summed E-state index contributed by atoms with van der Waals surface area (Å²) in [6, 6.07) is 5.69. The Morgan fingerprint density at radius 3 is 2.68 bits per heavy atom. The number of thiophene rings is 1. The van der Waals surface area contributed by atoms with Crippen molar-refractivity contribution in [2.45, 2.75) is 6.54 Å². The maximum Gasteiger partial charge on any atom is 0.147 e. The summed E-state index contributed by atoms with van der Waals surface area (Å²) < 4.78 is 27.9. The molecule has 3 nitrogen and oxygen atoms in total. The van der Waals surface area contributed by atoms with E-state index >= 15 is 0 Å². The van der Waals surface area contributed by atoms with E-state index in [4.69, 9.17) is 0 Å². The lowest BCUT2D eigenvalue weighted by Crippen LogP contribution is -2.06. The molecule has 1 N–H and O–H groups in total.